The van der Waals surface area contributed by atoms with Gasteiger partial charge in [-0.25, -0.2) is 4.79 Å². The Bertz CT molecular complexity index is 1200. The molecule has 0 bridgehead atoms. The van der Waals surface area contributed by atoms with Crippen LogP contribution in [0.5, 0.6) is 0 Å². The number of H-pyrrole nitrogens is 2. The Morgan fingerprint density at radius 3 is 2.56 bits per heavy atom. The highest BCUT2D eigenvalue weighted by molar-refractivity contribution is 8.02. The molecular formula is C17H12N4O4S2. The first-order valence-electron chi connectivity index (χ1n) is 7.62. The first kappa shape index (κ1) is 18.6. The first-order chi connectivity index (χ1) is 12.9. The highest BCUT2D eigenvalue weighted by Gasteiger charge is 2.17. The zero-order chi connectivity index (χ0) is 19.6. The molecule has 8 nitrogen and oxygen atoms in total. The second-order valence-corrected chi connectivity index (χ2v) is 7.72. The van der Waals surface area contributed by atoms with Crippen molar-refractivity contribution in [2.24, 2.45) is 0 Å². The van der Waals surface area contributed by atoms with Crippen molar-refractivity contribution in [1.82, 2.24) is 9.97 Å². The normalized spacial score (nSPS) is 10.5. The highest BCUT2D eigenvalue weighted by Crippen LogP contribution is 2.34. The Morgan fingerprint density at radius 1 is 1.22 bits per heavy atom. The van der Waals surface area contributed by atoms with Crippen LogP contribution in [-0.4, -0.2) is 27.4 Å². The van der Waals surface area contributed by atoms with Crippen molar-refractivity contribution >= 4 is 50.7 Å². The summed E-state index contributed by atoms with van der Waals surface area (Å²) in [6.45, 7) is 1.46. The molecule has 0 atom stereocenters. The molecule has 3 aromatic rings. The molecule has 1 aromatic carbocycles. The minimum absolute atomic E-state index is 0.0120. The zero-order valence-electron chi connectivity index (χ0n) is 13.9. The van der Waals surface area contributed by atoms with E-state index in [1.54, 1.807) is 24.3 Å². The second-order valence-electron chi connectivity index (χ2n) is 5.46. The Kier molecular flexibility index (Phi) is 5.25. The van der Waals surface area contributed by atoms with E-state index >= 15 is 0 Å². The van der Waals surface area contributed by atoms with E-state index in [0.717, 1.165) is 23.1 Å². The van der Waals surface area contributed by atoms with Crippen molar-refractivity contribution < 1.29 is 9.59 Å². The molecule has 0 radical (unpaired) electrons. The van der Waals surface area contributed by atoms with Crippen molar-refractivity contribution in [3.05, 3.63) is 56.2 Å². The number of nitriles is 1. The number of benzene rings is 1. The van der Waals surface area contributed by atoms with E-state index < -0.39 is 11.2 Å². The number of hydrogen-bond donors (Lipinski definition) is 3. The Balaban J connectivity index is 1.74. The van der Waals surface area contributed by atoms with Crippen LogP contribution in [0.15, 0.2) is 38.1 Å². The number of carbonyl (C=O) groups is 2. The minimum Gasteiger partial charge on any atom is -0.325 e. The van der Waals surface area contributed by atoms with E-state index in [9.17, 15) is 24.4 Å². The van der Waals surface area contributed by atoms with Gasteiger partial charge in [0, 0.05) is 11.3 Å². The molecule has 1 amide bonds. The van der Waals surface area contributed by atoms with Gasteiger partial charge in [-0.05, 0) is 31.2 Å². The van der Waals surface area contributed by atoms with E-state index in [4.69, 9.17) is 0 Å². The fourth-order valence-corrected chi connectivity index (χ4v) is 4.44. The van der Waals surface area contributed by atoms with Crippen LogP contribution in [0.25, 0.3) is 10.2 Å². The topological polar surface area (TPSA) is 136 Å². The summed E-state index contributed by atoms with van der Waals surface area (Å²) in [4.78, 5) is 51.2. The molecule has 10 heteroatoms. The van der Waals surface area contributed by atoms with Gasteiger partial charge in [-0.2, -0.15) is 5.26 Å². The number of nitrogens with zero attached hydrogens (tertiary/aromatic N) is 1. The lowest BCUT2D eigenvalue weighted by Gasteiger charge is -2.05. The van der Waals surface area contributed by atoms with Crippen LogP contribution in [0.1, 0.15) is 22.8 Å². The number of aromatic nitrogens is 2. The molecule has 0 aliphatic carbocycles. The van der Waals surface area contributed by atoms with Gasteiger partial charge in [-0.15, -0.1) is 23.1 Å². The van der Waals surface area contributed by atoms with Gasteiger partial charge >= 0.3 is 5.69 Å². The van der Waals surface area contributed by atoms with Gasteiger partial charge in [0.25, 0.3) is 5.56 Å². The Morgan fingerprint density at radius 2 is 1.93 bits per heavy atom. The molecule has 0 aliphatic heterocycles. The lowest BCUT2D eigenvalue weighted by atomic mass is 10.1. The molecule has 0 spiro atoms. The maximum atomic E-state index is 12.1. The largest absolute Gasteiger partial charge is 0.326 e. The van der Waals surface area contributed by atoms with Crippen LogP contribution in [0.3, 0.4) is 0 Å². The van der Waals surface area contributed by atoms with E-state index in [2.05, 4.69) is 15.3 Å². The number of hydrogen-bond acceptors (Lipinski definition) is 7. The lowest BCUT2D eigenvalue weighted by molar-refractivity contribution is -0.113. The quantitative estimate of drug-likeness (QED) is 0.443. The zero-order valence-corrected chi connectivity index (χ0v) is 15.5. The van der Waals surface area contributed by atoms with Crippen LogP contribution in [-0.2, 0) is 4.79 Å². The van der Waals surface area contributed by atoms with E-state index in [1.165, 1.54) is 6.92 Å². The number of thiophene rings is 1. The maximum Gasteiger partial charge on any atom is 0.326 e. The third-order valence-corrected chi connectivity index (χ3v) is 6.03. The number of fused-ring (bicyclic) bond motifs is 1. The van der Waals surface area contributed by atoms with Crippen LogP contribution < -0.4 is 16.6 Å². The summed E-state index contributed by atoms with van der Waals surface area (Å²) in [7, 11) is 0. The number of aromatic amines is 2. The molecule has 2 heterocycles. The Labute approximate surface area is 160 Å². The summed E-state index contributed by atoms with van der Waals surface area (Å²) < 4.78 is 0.704. The van der Waals surface area contributed by atoms with E-state index in [-0.39, 0.29) is 33.2 Å². The minimum atomic E-state index is -0.690. The van der Waals surface area contributed by atoms with Gasteiger partial charge in [-0.3, -0.25) is 19.4 Å². The molecule has 3 N–H and O–H groups in total. The number of carbonyl (C=O) groups excluding carboxylic acids is 2. The van der Waals surface area contributed by atoms with Gasteiger partial charge in [-0.1, -0.05) is 0 Å². The first-order valence-corrected chi connectivity index (χ1v) is 9.42. The number of thioether (sulfide) groups is 1. The number of anilines is 1. The van der Waals surface area contributed by atoms with Crippen molar-refractivity contribution in [1.29, 1.82) is 5.26 Å². The van der Waals surface area contributed by atoms with Crippen LogP contribution in [0, 0.1) is 11.3 Å². The summed E-state index contributed by atoms with van der Waals surface area (Å²) in [5, 5.41) is 12.0. The molecule has 0 saturated heterocycles. The molecule has 3 rings (SSSR count). The fourth-order valence-electron chi connectivity index (χ4n) is 2.31. The van der Waals surface area contributed by atoms with Crippen molar-refractivity contribution in [2.45, 2.75) is 11.1 Å². The van der Waals surface area contributed by atoms with Crippen molar-refractivity contribution in [3.63, 3.8) is 0 Å². The number of nitrogens with one attached hydrogen (secondary N) is 3. The third kappa shape index (κ3) is 3.99. The average Bonchev–Trinajstić information content (AvgIpc) is 2.98. The SMILES string of the molecule is CC(=O)c1ccc(NC(=O)CSc2sc3c(=O)[nH]c(=O)[nH]c3c2C#N)cc1. The summed E-state index contributed by atoms with van der Waals surface area (Å²) in [6.07, 6.45) is 0. The van der Waals surface area contributed by atoms with Gasteiger partial charge in [0.1, 0.15) is 16.3 Å². The second kappa shape index (κ2) is 7.61. The van der Waals surface area contributed by atoms with Crippen LogP contribution in [0.4, 0.5) is 5.69 Å². The Hall–Kier alpha value is -3.16. The van der Waals surface area contributed by atoms with E-state index in [0.29, 0.717) is 15.5 Å². The molecule has 0 unspecified atom stereocenters. The maximum absolute atomic E-state index is 12.1. The summed E-state index contributed by atoms with van der Waals surface area (Å²) in [5.41, 5.74) is 0.178. The van der Waals surface area contributed by atoms with Crippen molar-refractivity contribution in [2.75, 3.05) is 11.1 Å². The molecule has 0 fully saturated rings. The summed E-state index contributed by atoms with van der Waals surface area (Å²) >= 11 is 2.15. The van der Waals surface area contributed by atoms with Gasteiger partial charge in [0.05, 0.1) is 15.5 Å². The molecule has 0 saturated carbocycles. The predicted molar refractivity (Wildman–Crippen MR) is 104 cm³/mol. The number of amides is 1. The number of Topliss-reactive ketones (excluding diaryl/α,β-unsaturated/α-hetero) is 1. The smallest absolute Gasteiger partial charge is 0.325 e. The van der Waals surface area contributed by atoms with Crippen molar-refractivity contribution in [3.8, 4) is 6.07 Å². The lowest BCUT2D eigenvalue weighted by Crippen LogP contribution is -2.20. The number of rotatable bonds is 5. The molecule has 2 aromatic heterocycles. The molecule has 27 heavy (non-hydrogen) atoms. The van der Waals surface area contributed by atoms with Crippen LogP contribution >= 0.6 is 23.1 Å². The van der Waals surface area contributed by atoms with Crippen LogP contribution in [0.2, 0.25) is 0 Å². The number of ketones is 1. The molecule has 0 aliphatic rings. The molecular weight excluding hydrogens is 388 g/mol. The molecule has 136 valence electrons. The highest BCUT2D eigenvalue weighted by atomic mass is 32.2. The van der Waals surface area contributed by atoms with Gasteiger partial charge < -0.3 is 10.3 Å². The van der Waals surface area contributed by atoms with Gasteiger partial charge in [0.2, 0.25) is 5.91 Å². The van der Waals surface area contributed by atoms with Gasteiger partial charge in [0.15, 0.2) is 5.78 Å². The monoisotopic (exact) mass is 400 g/mol. The summed E-state index contributed by atoms with van der Waals surface area (Å²) in [6, 6.07) is 8.46. The van der Waals surface area contributed by atoms with E-state index in [1.807, 2.05) is 6.07 Å². The summed E-state index contributed by atoms with van der Waals surface area (Å²) in [5.74, 6) is -0.359. The fraction of sp³-hybridized carbons (Fsp3) is 0.118. The predicted octanol–water partition coefficient (Wildman–Crippen LogP) is 2.08. The average molecular weight is 400 g/mol. The standard InChI is InChI=1S/C17H12N4O4S2/c1-8(22)9-2-4-10(5-3-9)19-12(23)7-26-16-11(6-18)13-14(27-16)15(24)21-17(25)20-13/h2-5H,7H2,1H3,(H,19,23)(H2,20,21,24,25). The third-order valence-electron chi connectivity index (χ3n) is 3.57.